The first-order chi connectivity index (χ1) is 6.38. The Labute approximate surface area is 79.6 Å². The largest absolute Gasteiger partial charge is 0.0839 e. The molecule has 1 aromatic rings. The predicted octanol–water partition coefficient (Wildman–Crippen LogP) is 3.81. The fraction of sp³-hybridized carbons (Fsp3) is 0.231. The van der Waals surface area contributed by atoms with E-state index in [2.05, 4.69) is 49.4 Å². The molecule has 0 spiro atoms. The zero-order chi connectivity index (χ0) is 9.10. The van der Waals surface area contributed by atoms with E-state index in [1.165, 1.54) is 29.6 Å². The van der Waals surface area contributed by atoms with Crippen LogP contribution in [-0.4, -0.2) is 0 Å². The van der Waals surface area contributed by atoms with Crippen LogP contribution in [0.15, 0.2) is 48.1 Å². The highest BCUT2D eigenvalue weighted by molar-refractivity contribution is 5.71. The highest BCUT2D eigenvalue weighted by Crippen LogP contribution is 2.27. The van der Waals surface area contributed by atoms with Crippen LogP contribution in [0, 0.1) is 0 Å². The normalized spacial score (nSPS) is 16.4. The Hall–Kier alpha value is -1.30. The van der Waals surface area contributed by atoms with Crippen molar-refractivity contribution in [3.8, 4) is 0 Å². The molecule has 0 saturated carbocycles. The van der Waals surface area contributed by atoms with Gasteiger partial charge < -0.3 is 0 Å². The van der Waals surface area contributed by atoms with Gasteiger partial charge in [-0.05, 0) is 36.5 Å². The highest BCUT2D eigenvalue weighted by Gasteiger charge is 2.05. The highest BCUT2D eigenvalue weighted by atomic mass is 14.1. The minimum Gasteiger partial charge on any atom is -0.0839 e. The Morgan fingerprint density at radius 3 is 2.54 bits per heavy atom. The summed E-state index contributed by atoms with van der Waals surface area (Å²) in [6, 6.07) is 10.7. The van der Waals surface area contributed by atoms with Gasteiger partial charge in [-0.25, -0.2) is 0 Å². The SMILES string of the molecule is CC1=C(c2ccccc2)CCC=C1. The van der Waals surface area contributed by atoms with Crippen LogP contribution in [-0.2, 0) is 0 Å². The number of hydrogen-bond acceptors (Lipinski definition) is 0. The zero-order valence-electron chi connectivity index (χ0n) is 7.96. The number of allylic oxidation sites excluding steroid dienone is 4. The van der Waals surface area contributed by atoms with Crippen molar-refractivity contribution < 1.29 is 0 Å². The van der Waals surface area contributed by atoms with Gasteiger partial charge in [0.05, 0.1) is 0 Å². The Morgan fingerprint density at radius 1 is 1.08 bits per heavy atom. The Morgan fingerprint density at radius 2 is 1.85 bits per heavy atom. The minimum absolute atomic E-state index is 1.18. The molecule has 0 aromatic heterocycles. The van der Waals surface area contributed by atoms with Crippen LogP contribution in [0.3, 0.4) is 0 Å². The summed E-state index contributed by atoms with van der Waals surface area (Å²) < 4.78 is 0. The summed E-state index contributed by atoms with van der Waals surface area (Å²) in [6.07, 6.45) is 6.85. The monoisotopic (exact) mass is 170 g/mol. The lowest BCUT2D eigenvalue weighted by atomic mass is 9.93. The minimum atomic E-state index is 1.18. The Kier molecular flexibility index (Phi) is 2.31. The maximum atomic E-state index is 2.25. The molecule has 0 heteroatoms. The lowest BCUT2D eigenvalue weighted by molar-refractivity contribution is 1.04. The molecule has 66 valence electrons. The third-order valence-electron chi connectivity index (χ3n) is 2.53. The topological polar surface area (TPSA) is 0 Å². The van der Waals surface area contributed by atoms with Crippen LogP contribution < -0.4 is 0 Å². The predicted molar refractivity (Wildman–Crippen MR) is 57.4 cm³/mol. The maximum absolute atomic E-state index is 2.25. The number of benzene rings is 1. The van der Waals surface area contributed by atoms with E-state index in [-0.39, 0.29) is 0 Å². The first kappa shape index (κ1) is 8.31. The third-order valence-corrected chi connectivity index (χ3v) is 2.53. The first-order valence-electron chi connectivity index (χ1n) is 4.79. The van der Waals surface area contributed by atoms with Crippen LogP contribution in [0.5, 0.6) is 0 Å². The van der Waals surface area contributed by atoms with Crippen molar-refractivity contribution >= 4 is 5.57 Å². The fourth-order valence-electron chi connectivity index (χ4n) is 1.80. The van der Waals surface area contributed by atoms with Crippen LogP contribution in [0.2, 0.25) is 0 Å². The van der Waals surface area contributed by atoms with Gasteiger partial charge in [-0.3, -0.25) is 0 Å². The average Bonchev–Trinajstić information content (AvgIpc) is 2.20. The van der Waals surface area contributed by atoms with Gasteiger partial charge in [0.25, 0.3) is 0 Å². The van der Waals surface area contributed by atoms with Crippen molar-refractivity contribution in [2.45, 2.75) is 19.8 Å². The average molecular weight is 170 g/mol. The second-order valence-electron chi connectivity index (χ2n) is 3.47. The quantitative estimate of drug-likeness (QED) is 0.601. The standard InChI is InChI=1S/C13H14/c1-11-7-5-6-10-13(11)12-8-3-2-4-9-12/h2-5,7-9H,6,10H2,1H3. The van der Waals surface area contributed by atoms with Gasteiger partial charge >= 0.3 is 0 Å². The van der Waals surface area contributed by atoms with Crippen LogP contribution in [0.25, 0.3) is 5.57 Å². The molecule has 0 nitrogen and oxygen atoms in total. The van der Waals surface area contributed by atoms with Crippen LogP contribution in [0.1, 0.15) is 25.3 Å². The maximum Gasteiger partial charge on any atom is -0.0222 e. The second-order valence-corrected chi connectivity index (χ2v) is 3.47. The van der Waals surface area contributed by atoms with Gasteiger partial charge in [0.1, 0.15) is 0 Å². The summed E-state index contributed by atoms with van der Waals surface area (Å²) in [5.41, 5.74) is 4.30. The molecular formula is C13H14. The summed E-state index contributed by atoms with van der Waals surface area (Å²) in [6.45, 7) is 2.19. The molecule has 1 aliphatic carbocycles. The molecule has 1 aromatic carbocycles. The molecule has 0 amide bonds. The molecule has 0 N–H and O–H groups in total. The summed E-state index contributed by atoms with van der Waals surface area (Å²) in [5.74, 6) is 0. The van der Waals surface area contributed by atoms with Gasteiger partial charge in [-0.1, -0.05) is 42.5 Å². The van der Waals surface area contributed by atoms with Gasteiger partial charge in [-0.2, -0.15) is 0 Å². The van der Waals surface area contributed by atoms with E-state index in [1.54, 1.807) is 0 Å². The Bertz CT molecular complexity index is 342. The molecule has 2 rings (SSSR count). The van der Waals surface area contributed by atoms with E-state index in [0.717, 1.165) is 0 Å². The smallest absolute Gasteiger partial charge is 0.0222 e. The van der Waals surface area contributed by atoms with E-state index in [0.29, 0.717) is 0 Å². The van der Waals surface area contributed by atoms with Crippen molar-refractivity contribution in [2.24, 2.45) is 0 Å². The van der Waals surface area contributed by atoms with Crippen molar-refractivity contribution in [1.82, 2.24) is 0 Å². The van der Waals surface area contributed by atoms with E-state index in [4.69, 9.17) is 0 Å². The third kappa shape index (κ3) is 1.72. The molecule has 0 fully saturated rings. The summed E-state index contributed by atoms with van der Waals surface area (Å²) in [7, 11) is 0. The lowest BCUT2D eigenvalue weighted by Crippen LogP contribution is -1.91. The lowest BCUT2D eigenvalue weighted by Gasteiger charge is -2.13. The summed E-state index contributed by atoms with van der Waals surface area (Å²) in [4.78, 5) is 0. The van der Waals surface area contributed by atoms with E-state index >= 15 is 0 Å². The van der Waals surface area contributed by atoms with E-state index in [9.17, 15) is 0 Å². The number of rotatable bonds is 1. The zero-order valence-corrected chi connectivity index (χ0v) is 7.96. The van der Waals surface area contributed by atoms with Crippen molar-refractivity contribution in [2.75, 3.05) is 0 Å². The molecule has 1 aliphatic rings. The molecule has 0 atom stereocenters. The van der Waals surface area contributed by atoms with Crippen molar-refractivity contribution in [1.29, 1.82) is 0 Å². The number of hydrogen-bond donors (Lipinski definition) is 0. The van der Waals surface area contributed by atoms with E-state index in [1.807, 2.05) is 0 Å². The molecular weight excluding hydrogens is 156 g/mol. The molecule has 0 saturated heterocycles. The molecule has 0 heterocycles. The first-order valence-corrected chi connectivity index (χ1v) is 4.79. The van der Waals surface area contributed by atoms with Crippen LogP contribution in [0.4, 0.5) is 0 Å². The Balaban J connectivity index is 2.41. The van der Waals surface area contributed by atoms with Crippen molar-refractivity contribution in [3.05, 3.63) is 53.6 Å². The molecule has 0 radical (unpaired) electrons. The van der Waals surface area contributed by atoms with Gasteiger partial charge in [-0.15, -0.1) is 0 Å². The van der Waals surface area contributed by atoms with E-state index < -0.39 is 0 Å². The molecule has 0 aliphatic heterocycles. The van der Waals surface area contributed by atoms with Crippen LogP contribution >= 0.6 is 0 Å². The molecule has 0 bridgehead atoms. The van der Waals surface area contributed by atoms with Gasteiger partial charge in [0.2, 0.25) is 0 Å². The summed E-state index contributed by atoms with van der Waals surface area (Å²) >= 11 is 0. The van der Waals surface area contributed by atoms with Gasteiger partial charge in [0, 0.05) is 0 Å². The molecule has 13 heavy (non-hydrogen) atoms. The summed E-state index contributed by atoms with van der Waals surface area (Å²) in [5, 5.41) is 0. The fourth-order valence-corrected chi connectivity index (χ4v) is 1.80. The molecule has 0 unspecified atom stereocenters. The second kappa shape index (κ2) is 3.61. The van der Waals surface area contributed by atoms with Crippen molar-refractivity contribution in [3.63, 3.8) is 0 Å². The van der Waals surface area contributed by atoms with Gasteiger partial charge in [0.15, 0.2) is 0 Å².